The standard InChI is InChI=1S/C20H20BrN3O2S/c1-13(11-26-2)22-18(25)12-27-20-16-5-3-4-6-17(16)23-19(24-20)14-7-9-15(21)10-8-14/h3-10,13H,11-12H2,1-2H3,(H,22,25). The number of hydrogen-bond acceptors (Lipinski definition) is 5. The first-order chi connectivity index (χ1) is 13.1. The third kappa shape index (κ3) is 5.28. The molecule has 0 saturated heterocycles. The van der Waals surface area contributed by atoms with Gasteiger partial charge in [-0.1, -0.05) is 58.0 Å². The minimum atomic E-state index is -0.0440. The van der Waals surface area contributed by atoms with Crippen molar-refractivity contribution in [2.45, 2.75) is 18.0 Å². The maximum atomic E-state index is 12.2. The highest BCUT2D eigenvalue weighted by atomic mass is 79.9. The fourth-order valence-corrected chi connectivity index (χ4v) is 3.72. The molecule has 0 aliphatic carbocycles. The summed E-state index contributed by atoms with van der Waals surface area (Å²) in [6, 6.07) is 15.7. The van der Waals surface area contributed by atoms with Crippen LogP contribution in [0.2, 0.25) is 0 Å². The van der Waals surface area contributed by atoms with Crippen molar-refractivity contribution >= 4 is 44.5 Å². The normalized spacial score (nSPS) is 12.1. The molecule has 1 unspecified atom stereocenters. The lowest BCUT2D eigenvalue weighted by Crippen LogP contribution is -2.36. The van der Waals surface area contributed by atoms with E-state index >= 15 is 0 Å². The van der Waals surface area contributed by atoms with E-state index in [9.17, 15) is 4.79 Å². The van der Waals surface area contributed by atoms with Crippen LogP contribution in [0, 0.1) is 0 Å². The number of aromatic nitrogens is 2. The number of benzene rings is 2. The first-order valence-corrected chi connectivity index (χ1v) is 10.3. The molecule has 0 fully saturated rings. The molecule has 0 aliphatic rings. The summed E-state index contributed by atoms with van der Waals surface area (Å²) in [7, 11) is 1.62. The molecule has 27 heavy (non-hydrogen) atoms. The van der Waals surface area contributed by atoms with Crippen molar-refractivity contribution in [3.8, 4) is 11.4 Å². The summed E-state index contributed by atoms with van der Waals surface area (Å²) in [5, 5.41) is 4.66. The molecule has 1 amide bonds. The van der Waals surface area contributed by atoms with Crippen molar-refractivity contribution in [3.63, 3.8) is 0 Å². The van der Waals surface area contributed by atoms with E-state index in [1.807, 2.05) is 55.5 Å². The minimum absolute atomic E-state index is 0.0245. The van der Waals surface area contributed by atoms with Crippen LogP contribution in [0.3, 0.4) is 0 Å². The number of methoxy groups -OCH3 is 1. The van der Waals surface area contributed by atoms with Gasteiger partial charge in [0.1, 0.15) is 5.03 Å². The Bertz CT molecular complexity index is 934. The van der Waals surface area contributed by atoms with Crippen LogP contribution in [0.15, 0.2) is 58.0 Å². The second-order valence-corrected chi connectivity index (χ2v) is 7.97. The SMILES string of the molecule is COCC(C)NC(=O)CSc1nc(-c2ccc(Br)cc2)nc2ccccc12. The molecular weight excluding hydrogens is 426 g/mol. The highest BCUT2D eigenvalue weighted by molar-refractivity contribution is 9.10. The lowest BCUT2D eigenvalue weighted by Gasteiger charge is -2.13. The number of carbonyl (C=O) groups is 1. The molecule has 0 spiro atoms. The highest BCUT2D eigenvalue weighted by Gasteiger charge is 2.13. The number of amides is 1. The molecule has 3 aromatic rings. The molecule has 0 radical (unpaired) electrons. The predicted molar refractivity (Wildman–Crippen MR) is 113 cm³/mol. The molecular formula is C20H20BrN3O2S. The van der Waals surface area contributed by atoms with E-state index in [1.165, 1.54) is 11.8 Å². The third-order valence-corrected chi connectivity index (χ3v) is 5.35. The van der Waals surface area contributed by atoms with Gasteiger partial charge in [-0.3, -0.25) is 4.79 Å². The lowest BCUT2D eigenvalue weighted by atomic mass is 10.2. The summed E-state index contributed by atoms with van der Waals surface area (Å²) < 4.78 is 6.06. The van der Waals surface area contributed by atoms with Gasteiger partial charge in [0.15, 0.2) is 5.82 Å². The Labute approximate surface area is 171 Å². The van der Waals surface area contributed by atoms with Crippen LogP contribution in [0.25, 0.3) is 22.3 Å². The molecule has 7 heteroatoms. The molecule has 0 aliphatic heterocycles. The first-order valence-electron chi connectivity index (χ1n) is 8.50. The van der Waals surface area contributed by atoms with Gasteiger partial charge in [-0.05, 0) is 25.1 Å². The fourth-order valence-electron chi connectivity index (χ4n) is 2.63. The molecule has 2 aromatic carbocycles. The van der Waals surface area contributed by atoms with Crippen LogP contribution in [0.5, 0.6) is 0 Å². The molecule has 1 N–H and O–H groups in total. The van der Waals surface area contributed by atoms with Crippen LogP contribution in [-0.4, -0.2) is 41.4 Å². The van der Waals surface area contributed by atoms with Crippen molar-refractivity contribution in [2.24, 2.45) is 0 Å². The number of carbonyl (C=O) groups excluding carboxylic acids is 1. The second kappa shape index (κ2) is 9.30. The Kier molecular flexibility index (Phi) is 6.82. The number of para-hydroxylation sites is 1. The van der Waals surface area contributed by atoms with Crippen LogP contribution in [-0.2, 0) is 9.53 Å². The lowest BCUT2D eigenvalue weighted by molar-refractivity contribution is -0.119. The summed E-state index contributed by atoms with van der Waals surface area (Å²) in [5.41, 5.74) is 1.80. The Balaban J connectivity index is 1.85. The minimum Gasteiger partial charge on any atom is -0.383 e. The largest absolute Gasteiger partial charge is 0.383 e. The Morgan fingerprint density at radius 3 is 2.67 bits per heavy atom. The summed E-state index contributed by atoms with van der Waals surface area (Å²) >= 11 is 4.86. The van der Waals surface area contributed by atoms with Gasteiger partial charge in [0.2, 0.25) is 5.91 Å². The predicted octanol–water partition coefficient (Wildman–Crippen LogP) is 4.30. The van der Waals surface area contributed by atoms with E-state index in [0.29, 0.717) is 12.4 Å². The summed E-state index contributed by atoms with van der Waals surface area (Å²) in [6.07, 6.45) is 0. The number of rotatable bonds is 7. The molecule has 0 bridgehead atoms. The van der Waals surface area contributed by atoms with E-state index < -0.39 is 0 Å². The Morgan fingerprint density at radius 1 is 1.19 bits per heavy atom. The Morgan fingerprint density at radius 2 is 1.93 bits per heavy atom. The molecule has 140 valence electrons. The highest BCUT2D eigenvalue weighted by Crippen LogP contribution is 2.28. The molecule has 1 aromatic heterocycles. The van der Waals surface area contributed by atoms with Gasteiger partial charge in [-0.2, -0.15) is 0 Å². The van der Waals surface area contributed by atoms with Gasteiger partial charge in [0.25, 0.3) is 0 Å². The van der Waals surface area contributed by atoms with Gasteiger partial charge in [-0.25, -0.2) is 9.97 Å². The van der Waals surface area contributed by atoms with Crippen LogP contribution in [0.1, 0.15) is 6.92 Å². The fraction of sp³-hybridized carbons (Fsp3) is 0.250. The van der Waals surface area contributed by atoms with Crippen LogP contribution in [0.4, 0.5) is 0 Å². The van der Waals surface area contributed by atoms with Gasteiger partial charge in [0, 0.05) is 28.6 Å². The maximum Gasteiger partial charge on any atom is 0.230 e. The van der Waals surface area contributed by atoms with E-state index in [1.54, 1.807) is 7.11 Å². The number of hydrogen-bond donors (Lipinski definition) is 1. The summed E-state index contributed by atoms with van der Waals surface area (Å²) in [4.78, 5) is 21.6. The van der Waals surface area contributed by atoms with Crippen molar-refractivity contribution in [2.75, 3.05) is 19.5 Å². The number of halogens is 1. The number of nitrogens with zero attached hydrogens (tertiary/aromatic N) is 2. The molecule has 0 saturated carbocycles. The second-order valence-electron chi connectivity index (χ2n) is 6.09. The van der Waals surface area contributed by atoms with Crippen LogP contribution >= 0.6 is 27.7 Å². The quantitative estimate of drug-likeness (QED) is 0.433. The van der Waals surface area contributed by atoms with Crippen molar-refractivity contribution < 1.29 is 9.53 Å². The van der Waals surface area contributed by atoms with Crippen molar-refractivity contribution in [3.05, 3.63) is 53.0 Å². The van der Waals surface area contributed by atoms with E-state index in [0.717, 1.165) is 26.0 Å². The third-order valence-electron chi connectivity index (χ3n) is 3.83. The Hall–Kier alpha value is -1.96. The zero-order valence-electron chi connectivity index (χ0n) is 15.1. The van der Waals surface area contributed by atoms with Crippen LogP contribution < -0.4 is 5.32 Å². The smallest absolute Gasteiger partial charge is 0.230 e. The monoisotopic (exact) mass is 445 g/mol. The zero-order valence-corrected chi connectivity index (χ0v) is 17.5. The van der Waals surface area contributed by atoms with Gasteiger partial charge in [0.05, 0.1) is 17.9 Å². The van der Waals surface area contributed by atoms with Gasteiger partial charge >= 0.3 is 0 Å². The number of thioether (sulfide) groups is 1. The first kappa shape index (κ1) is 19.8. The van der Waals surface area contributed by atoms with Gasteiger partial charge in [-0.15, -0.1) is 0 Å². The van der Waals surface area contributed by atoms with E-state index in [2.05, 4.69) is 26.2 Å². The number of ether oxygens (including phenoxy) is 1. The van der Waals surface area contributed by atoms with Crippen molar-refractivity contribution in [1.29, 1.82) is 0 Å². The van der Waals surface area contributed by atoms with E-state index in [-0.39, 0.29) is 17.7 Å². The number of fused-ring (bicyclic) bond motifs is 1. The average molecular weight is 446 g/mol. The molecule has 5 nitrogen and oxygen atoms in total. The maximum absolute atomic E-state index is 12.2. The van der Waals surface area contributed by atoms with Gasteiger partial charge < -0.3 is 10.1 Å². The zero-order chi connectivity index (χ0) is 19.2. The summed E-state index contributed by atoms with van der Waals surface area (Å²) in [6.45, 7) is 2.40. The summed E-state index contributed by atoms with van der Waals surface area (Å²) in [5.74, 6) is 0.892. The average Bonchev–Trinajstić information content (AvgIpc) is 2.66. The number of nitrogens with one attached hydrogen (secondary N) is 1. The topological polar surface area (TPSA) is 64.1 Å². The molecule has 1 atom stereocenters. The van der Waals surface area contributed by atoms with Crippen molar-refractivity contribution in [1.82, 2.24) is 15.3 Å². The molecule has 3 rings (SSSR count). The van der Waals surface area contributed by atoms with E-state index in [4.69, 9.17) is 9.72 Å². The molecule has 1 heterocycles.